The fourth-order valence-corrected chi connectivity index (χ4v) is 3.36. The summed E-state index contributed by atoms with van der Waals surface area (Å²) in [7, 11) is 0. The van der Waals surface area contributed by atoms with Crippen molar-refractivity contribution >= 4 is 17.0 Å². The van der Waals surface area contributed by atoms with Crippen LogP contribution in [0.5, 0.6) is 5.88 Å². The molecule has 3 heterocycles. The highest BCUT2D eigenvalue weighted by Gasteiger charge is 2.30. The second-order valence-corrected chi connectivity index (χ2v) is 6.90. The van der Waals surface area contributed by atoms with Gasteiger partial charge in [-0.25, -0.2) is 9.97 Å². The van der Waals surface area contributed by atoms with Gasteiger partial charge in [-0.3, -0.25) is 4.79 Å². The van der Waals surface area contributed by atoms with Crippen molar-refractivity contribution in [1.82, 2.24) is 14.9 Å². The number of amides is 1. The van der Waals surface area contributed by atoms with Crippen molar-refractivity contribution in [2.75, 3.05) is 19.7 Å². The largest absolute Gasteiger partial charge is 0.468 e. The minimum atomic E-state index is -4.44. The van der Waals surface area contributed by atoms with E-state index in [1.165, 1.54) is 18.3 Å². The molecule has 0 saturated carbocycles. The Kier molecular flexibility index (Phi) is 5.12. The molecule has 1 atom stereocenters. The van der Waals surface area contributed by atoms with E-state index in [0.29, 0.717) is 30.1 Å². The number of aromatic nitrogens is 2. The molecule has 1 fully saturated rings. The molecular formula is C20H18F3N3O3. The Hall–Kier alpha value is -3.10. The van der Waals surface area contributed by atoms with Crippen LogP contribution in [0.4, 0.5) is 13.2 Å². The number of piperidine rings is 1. The van der Waals surface area contributed by atoms with E-state index in [4.69, 9.17) is 4.42 Å². The van der Waals surface area contributed by atoms with E-state index in [-0.39, 0.29) is 17.7 Å². The molecule has 29 heavy (non-hydrogen) atoms. The molecule has 1 saturated heterocycles. The summed E-state index contributed by atoms with van der Waals surface area (Å²) in [6.45, 7) is -0.383. The lowest BCUT2D eigenvalue weighted by molar-refractivity contribution is -0.154. The van der Waals surface area contributed by atoms with Crippen LogP contribution >= 0.6 is 0 Å². The number of ether oxygens (including phenoxy) is 1. The van der Waals surface area contributed by atoms with Gasteiger partial charge >= 0.3 is 6.18 Å². The number of nitrogens with zero attached hydrogens (tertiary/aromatic N) is 3. The summed E-state index contributed by atoms with van der Waals surface area (Å²) in [5.74, 6) is 0.183. The summed E-state index contributed by atoms with van der Waals surface area (Å²) >= 11 is 0. The van der Waals surface area contributed by atoms with Crippen LogP contribution in [0.2, 0.25) is 0 Å². The van der Waals surface area contributed by atoms with E-state index in [1.807, 2.05) is 24.3 Å². The number of pyridine rings is 1. The molecule has 152 valence electrons. The molecule has 1 aromatic carbocycles. The Bertz CT molecular complexity index is 968. The number of halogens is 3. The third-order valence-electron chi connectivity index (χ3n) is 4.74. The zero-order valence-corrected chi connectivity index (χ0v) is 15.4. The van der Waals surface area contributed by atoms with Gasteiger partial charge in [0.25, 0.3) is 5.91 Å². The van der Waals surface area contributed by atoms with Crippen molar-refractivity contribution in [2.24, 2.45) is 0 Å². The SMILES string of the molecule is O=C(c1ccc(OCC(F)(F)F)nc1)N1CCCC(c2nc3ccccc3o2)C1. The quantitative estimate of drug-likeness (QED) is 0.651. The van der Waals surface area contributed by atoms with Crippen LogP contribution in [0, 0.1) is 0 Å². The van der Waals surface area contributed by atoms with Gasteiger partial charge in [0.05, 0.1) is 11.5 Å². The molecule has 3 aromatic rings. The van der Waals surface area contributed by atoms with Crippen molar-refractivity contribution in [1.29, 1.82) is 0 Å². The lowest BCUT2D eigenvalue weighted by Gasteiger charge is -2.31. The molecule has 0 bridgehead atoms. The van der Waals surface area contributed by atoms with Crippen LogP contribution in [0.25, 0.3) is 11.1 Å². The fourth-order valence-electron chi connectivity index (χ4n) is 3.36. The first-order valence-corrected chi connectivity index (χ1v) is 9.19. The van der Waals surface area contributed by atoms with E-state index >= 15 is 0 Å². The van der Waals surface area contributed by atoms with Gasteiger partial charge in [-0.05, 0) is 31.0 Å². The van der Waals surface area contributed by atoms with Gasteiger partial charge in [0, 0.05) is 25.4 Å². The lowest BCUT2D eigenvalue weighted by atomic mass is 9.97. The van der Waals surface area contributed by atoms with Crippen LogP contribution < -0.4 is 4.74 Å². The average Bonchev–Trinajstić information content (AvgIpc) is 3.16. The highest BCUT2D eigenvalue weighted by Crippen LogP contribution is 2.29. The smallest absolute Gasteiger partial charge is 0.422 e. The van der Waals surface area contributed by atoms with Crippen molar-refractivity contribution in [2.45, 2.75) is 24.9 Å². The predicted octanol–water partition coefficient (Wildman–Crippen LogP) is 4.18. The van der Waals surface area contributed by atoms with Gasteiger partial charge in [-0.2, -0.15) is 13.2 Å². The van der Waals surface area contributed by atoms with Crippen LogP contribution in [-0.4, -0.2) is 46.6 Å². The monoisotopic (exact) mass is 405 g/mol. The number of benzene rings is 1. The molecule has 1 aliphatic heterocycles. The second kappa shape index (κ2) is 7.73. The topological polar surface area (TPSA) is 68.5 Å². The van der Waals surface area contributed by atoms with Gasteiger partial charge in [0.15, 0.2) is 18.1 Å². The molecule has 2 aromatic heterocycles. The average molecular weight is 405 g/mol. The number of likely N-dealkylation sites (tertiary alicyclic amines) is 1. The number of alkyl halides is 3. The number of hydrogen-bond acceptors (Lipinski definition) is 5. The Morgan fingerprint density at radius 1 is 1.24 bits per heavy atom. The summed E-state index contributed by atoms with van der Waals surface area (Å²) in [5, 5.41) is 0. The number of carbonyl (C=O) groups is 1. The maximum atomic E-state index is 12.8. The lowest BCUT2D eigenvalue weighted by Crippen LogP contribution is -2.39. The standard InChI is InChI=1S/C20H18F3N3O3/c21-20(22,23)12-28-17-8-7-13(10-24-17)19(27)26-9-3-4-14(11-26)18-25-15-5-1-2-6-16(15)29-18/h1-2,5-8,10,14H,3-4,9,11-12H2. The number of rotatable bonds is 4. The number of para-hydroxylation sites is 2. The third kappa shape index (κ3) is 4.49. The van der Waals surface area contributed by atoms with E-state index in [0.717, 1.165) is 18.4 Å². The first-order valence-electron chi connectivity index (χ1n) is 9.19. The molecule has 9 heteroatoms. The fraction of sp³-hybridized carbons (Fsp3) is 0.350. The van der Waals surface area contributed by atoms with Crippen molar-refractivity contribution < 1.29 is 27.1 Å². The van der Waals surface area contributed by atoms with Crippen LogP contribution in [0.1, 0.15) is 35.0 Å². The molecule has 0 aliphatic carbocycles. The Morgan fingerprint density at radius 2 is 2.07 bits per heavy atom. The molecule has 0 radical (unpaired) electrons. The maximum Gasteiger partial charge on any atom is 0.422 e. The third-order valence-corrected chi connectivity index (χ3v) is 4.74. The van der Waals surface area contributed by atoms with Gasteiger partial charge in [0.2, 0.25) is 5.88 Å². The summed E-state index contributed by atoms with van der Waals surface area (Å²) in [6, 6.07) is 10.2. The molecule has 1 amide bonds. The number of fused-ring (bicyclic) bond motifs is 1. The zero-order valence-electron chi connectivity index (χ0n) is 15.4. The minimum absolute atomic E-state index is 0.0116. The van der Waals surface area contributed by atoms with E-state index < -0.39 is 12.8 Å². The minimum Gasteiger partial charge on any atom is -0.468 e. The van der Waals surface area contributed by atoms with Gasteiger partial charge in [-0.1, -0.05) is 12.1 Å². The molecule has 1 aliphatic rings. The highest BCUT2D eigenvalue weighted by atomic mass is 19.4. The van der Waals surface area contributed by atoms with Crippen molar-refractivity contribution in [3.05, 3.63) is 54.0 Å². The number of hydrogen-bond donors (Lipinski definition) is 0. The summed E-state index contributed by atoms with van der Waals surface area (Å²) < 4.78 is 47.0. The first kappa shape index (κ1) is 19.2. The number of oxazole rings is 1. The predicted molar refractivity (Wildman–Crippen MR) is 97.7 cm³/mol. The Labute approximate surface area is 164 Å². The highest BCUT2D eigenvalue weighted by molar-refractivity contribution is 5.94. The number of carbonyl (C=O) groups excluding carboxylic acids is 1. The summed E-state index contributed by atoms with van der Waals surface area (Å²) in [4.78, 5) is 22.8. The molecule has 0 spiro atoms. The van der Waals surface area contributed by atoms with Crippen molar-refractivity contribution in [3.8, 4) is 5.88 Å². The zero-order chi connectivity index (χ0) is 20.4. The van der Waals surface area contributed by atoms with Gasteiger partial charge in [-0.15, -0.1) is 0 Å². The molecule has 4 rings (SSSR count). The van der Waals surface area contributed by atoms with Crippen molar-refractivity contribution in [3.63, 3.8) is 0 Å². The van der Waals surface area contributed by atoms with E-state index in [2.05, 4.69) is 14.7 Å². The molecular weight excluding hydrogens is 387 g/mol. The van der Waals surface area contributed by atoms with Gasteiger partial charge in [0.1, 0.15) is 5.52 Å². The summed E-state index contributed by atoms with van der Waals surface area (Å²) in [6.07, 6.45) is -1.55. The summed E-state index contributed by atoms with van der Waals surface area (Å²) in [5.41, 5.74) is 1.79. The van der Waals surface area contributed by atoms with Crippen LogP contribution in [0.15, 0.2) is 47.0 Å². The molecule has 6 nitrogen and oxygen atoms in total. The first-order chi connectivity index (χ1) is 13.9. The maximum absolute atomic E-state index is 12.8. The Balaban J connectivity index is 1.43. The van der Waals surface area contributed by atoms with Gasteiger partial charge < -0.3 is 14.1 Å². The van der Waals surface area contributed by atoms with Crippen LogP contribution in [0.3, 0.4) is 0 Å². The second-order valence-electron chi connectivity index (χ2n) is 6.90. The normalized spacial score (nSPS) is 17.5. The van der Waals surface area contributed by atoms with E-state index in [9.17, 15) is 18.0 Å². The molecule has 1 unspecified atom stereocenters. The van der Waals surface area contributed by atoms with Crippen LogP contribution in [-0.2, 0) is 0 Å². The molecule has 0 N–H and O–H groups in total. The van der Waals surface area contributed by atoms with E-state index in [1.54, 1.807) is 4.90 Å². The Morgan fingerprint density at radius 3 is 2.79 bits per heavy atom.